The summed E-state index contributed by atoms with van der Waals surface area (Å²) >= 11 is 0. The fraction of sp³-hybridized carbons (Fsp3) is 0.824. The van der Waals surface area contributed by atoms with E-state index in [9.17, 15) is 14.4 Å². The van der Waals surface area contributed by atoms with Crippen molar-refractivity contribution in [1.82, 2.24) is 0 Å². The number of carbonyl (C=O) groups excluding carboxylic acids is 3. The first kappa shape index (κ1) is 77.1. The minimum Gasteiger partial charge on any atom is -0.462 e. The predicted molar refractivity (Wildman–Crippen MR) is 348 cm³/mol. The highest BCUT2D eigenvalue weighted by atomic mass is 16.6. The second-order valence-electron chi connectivity index (χ2n) is 23.8. The topological polar surface area (TPSA) is 78.9 Å². The summed E-state index contributed by atoms with van der Waals surface area (Å²) in [6.07, 6.45) is 88.3. The van der Waals surface area contributed by atoms with Crippen LogP contribution in [0.15, 0.2) is 60.8 Å². The van der Waals surface area contributed by atoms with Gasteiger partial charge in [0, 0.05) is 19.3 Å². The first-order valence-corrected chi connectivity index (χ1v) is 35.3. The van der Waals surface area contributed by atoms with Crippen LogP contribution in [0.2, 0.25) is 0 Å². The molecular weight excluding hydrogens is 985 g/mol. The molecule has 0 spiro atoms. The molecule has 0 radical (unpaired) electrons. The third-order valence-electron chi connectivity index (χ3n) is 15.8. The van der Waals surface area contributed by atoms with Crippen molar-refractivity contribution in [2.75, 3.05) is 13.2 Å². The minimum absolute atomic E-state index is 0.0867. The van der Waals surface area contributed by atoms with Gasteiger partial charge in [0.2, 0.25) is 0 Å². The van der Waals surface area contributed by atoms with E-state index in [1.807, 2.05) is 0 Å². The minimum atomic E-state index is -0.796. The molecule has 1 unspecified atom stereocenters. The Morgan fingerprint density at radius 2 is 0.487 bits per heavy atom. The van der Waals surface area contributed by atoms with Gasteiger partial charge in [-0.25, -0.2) is 0 Å². The van der Waals surface area contributed by atoms with Crippen LogP contribution in [0.1, 0.15) is 374 Å². The number of allylic oxidation sites excluding steroid dienone is 10. The zero-order valence-corrected chi connectivity index (χ0v) is 53.6. The molecule has 0 aromatic carbocycles. The van der Waals surface area contributed by atoms with Crippen LogP contribution >= 0.6 is 0 Å². The quantitative estimate of drug-likeness (QED) is 0.0261. The average molecular weight is 1120 g/mol. The molecular formula is C74H134O6. The number of ether oxygens (including phenoxy) is 3. The summed E-state index contributed by atoms with van der Waals surface area (Å²) < 4.78 is 17.0. The lowest BCUT2D eigenvalue weighted by Crippen LogP contribution is -2.30. The predicted octanol–water partition coefficient (Wildman–Crippen LogP) is 24.3. The van der Waals surface area contributed by atoms with Crippen molar-refractivity contribution in [3.8, 4) is 0 Å². The van der Waals surface area contributed by atoms with Gasteiger partial charge in [0.1, 0.15) is 13.2 Å². The van der Waals surface area contributed by atoms with E-state index in [2.05, 4.69) is 81.5 Å². The number of carbonyl (C=O) groups is 3. The number of unbranched alkanes of at least 4 members (excludes halogenated alkanes) is 44. The molecule has 0 aromatic heterocycles. The molecule has 0 bridgehead atoms. The Morgan fingerprint density at radius 1 is 0.263 bits per heavy atom. The standard InChI is InChI=1S/C74H134O6/c1-4-7-10-13-16-19-22-25-28-31-33-35-36-37-39-40-43-46-49-52-55-58-61-64-67-73(76)79-70-71(69-78-72(75)66-63-60-57-54-51-48-45-42-30-27-24-21-18-15-12-9-6-3)80-74(77)68-65-62-59-56-53-50-47-44-41-38-34-32-29-26-23-20-17-14-11-8-5-2/h9,12,18,21,27,30,45,48,54,57,71H,4-8,10-11,13-17,19-20,22-26,28-29,31-44,46-47,49-53,55-56,58-70H2,1-3H3/b12-9-,21-18-,30-27-,48-45-,57-54-. The molecule has 0 N–H and O–H groups in total. The first-order valence-electron chi connectivity index (χ1n) is 35.3. The van der Waals surface area contributed by atoms with Gasteiger partial charge in [0.15, 0.2) is 6.10 Å². The molecule has 1 atom stereocenters. The van der Waals surface area contributed by atoms with Crippen LogP contribution in [-0.4, -0.2) is 37.2 Å². The van der Waals surface area contributed by atoms with E-state index in [0.717, 1.165) is 77.0 Å². The Balaban J connectivity index is 4.34. The molecule has 0 aliphatic heterocycles. The maximum atomic E-state index is 13.0. The molecule has 80 heavy (non-hydrogen) atoms. The van der Waals surface area contributed by atoms with Crippen molar-refractivity contribution in [3.63, 3.8) is 0 Å². The normalized spacial score (nSPS) is 12.4. The third-order valence-corrected chi connectivity index (χ3v) is 15.8. The lowest BCUT2D eigenvalue weighted by Gasteiger charge is -2.18. The van der Waals surface area contributed by atoms with E-state index in [1.54, 1.807) is 0 Å². The van der Waals surface area contributed by atoms with Gasteiger partial charge >= 0.3 is 17.9 Å². The summed E-state index contributed by atoms with van der Waals surface area (Å²) in [4.78, 5) is 38.4. The first-order chi connectivity index (χ1) is 39.5. The lowest BCUT2D eigenvalue weighted by atomic mass is 10.0. The van der Waals surface area contributed by atoms with E-state index in [4.69, 9.17) is 14.2 Å². The number of esters is 3. The highest BCUT2D eigenvalue weighted by Crippen LogP contribution is 2.19. The second-order valence-corrected chi connectivity index (χ2v) is 23.8. The van der Waals surface area contributed by atoms with Gasteiger partial charge in [-0.3, -0.25) is 14.4 Å². The van der Waals surface area contributed by atoms with Crippen molar-refractivity contribution in [3.05, 3.63) is 60.8 Å². The van der Waals surface area contributed by atoms with Gasteiger partial charge in [-0.15, -0.1) is 0 Å². The molecule has 6 heteroatoms. The van der Waals surface area contributed by atoms with Crippen LogP contribution in [0, 0.1) is 0 Å². The maximum Gasteiger partial charge on any atom is 0.306 e. The summed E-state index contributed by atoms with van der Waals surface area (Å²) in [5, 5.41) is 0. The van der Waals surface area contributed by atoms with Crippen molar-refractivity contribution < 1.29 is 28.6 Å². The Labute approximate surface area is 498 Å². The molecule has 0 fully saturated rings. The van der Waals surface area contributed by atoms with Crippen LogP contribution < -0.4 is 0 Å². The summed E-state index contributed by atoms with van der Waals surface area (Å²) in [6, 6.07) is 0. The van der Waals surface area contributed by atoms with E-state index in [1.165, 1.54) is 250 Å². The third kappa shape index (κ3) is 65.9. The Bertz CT molecular complexity index is 1430. The molecule has 0 saturated carbocycles. The summed E-state index contributed by atoms with van der Waals surface area (Å²) in [7, 11) is 0. The average Bonchev–Trinajstić information content (AvgIpc) is 3.46. The van der Waals surface area contributed by atoms with Gasteiger partial charge in [0.25, 0.3) is 0 Å². The van der Waals surface area contributed by atoms with Crippen molar-refractivity contribution >= 4 is 17.9 Å². The molecule has 0 saturated heterocycles. The van der Waals surface area contributed by atoms with Crippen LogP contribution in [0.5, 0.6) is 0 Å². The van der Waals surface area contributed by atoms with E-state index < -0.39 is 6.10 Å². The molecule has 0 amide bonds. The number of rotatable bonds is 65. The van der Waals surface area contributed by atoms with Gasteiger partial charge < -0.3 is 14.2 Å². The van der Waals surface area contributed by atoms with E-state index in [-0.39, 0.29) is 37.5 Å². The summed E-state index contributed by atoms with van der Waals surface area (Å²) in [6.45, 7) is 6.55. The molecule has 0 aliphatic rings. The zero-order chi connectivity index (χ0) is 57.8. The van der Waals surface area contributed by atoms with Crippen LogP contribution in [0.3, 0.4) is 0 Å². The number of hydrogen-bond acceptors (Lipinski definition) is 6. The lowest BCUT2D eigenvalue weighted by molar-refractivity contribution is -0.167. The van der Waals surface area contributed by atoms with Crippen LogP contribution in [0.4, 0.5) is 0 Å². The van der Waals surface area contributed by atoms with E-state index >= 15 is 0 Å². The Morgan fingerprint density at radius 3 is 0.762 bits per heavy atom. The Hall–Kier alpha value is -2.89. The molecule has 466 valence electrons. The van der Waals surface area contributed by atoms with Gasteiger partial charge in [0.05, 0.1) is 0 Å². The molecule has 0 rings (SSSR count). The summed E-state index contributed by atoms with van der Waals surface area (Å²) in [5.41, 5.74) is 0. The van der Waals surface area contributed by atoms with Crippen molar-refractivity contribution in [1.29, 1.82) is 0 Å². The number of hydrogen-bond donors (Lipinski definition) is 0. The van der Waals surface area contributed by atoms with Gasteiger partial charge in [-0.2, -0.15) is 0 Å². The van der Waals surface area contributed by atoms with Crippen LogP contribution in [0.25, 0.3) is 0 Å². The molecule has 6 nitrogen and oxygen atoms in total. The SMILES string of the molecule is CC/C=C\C/C=C\C/C=C\C/C=C\C/C=C\CCCC(=O)OCC(COC(=O)CCCCCCCCCCCCCCCCCCCCCCCCCC)OC(=O)CCCCCCCCCCCCCCCCCCCCCCC. The second kappa shape index (κ2) is 68.6. The molecule has 0 heterocycles. The highest BCUT2D eigenvalue weighted by molar-refractivity contribution is 5.71. The summed E-state index contributed by atoms with van der Waals surface area (Å²) in [5.74, 6) is -0.921. The van der Waals surface area contributed by atoms with Crippen LogP contribution in [-0.2, 0) is 28.6 Å². The highest BCUT2D eigenvalue weighted by Gasteiger charge is 2.19. The zero-order valence-electron chi connectivity index (χ0n) is 53.6. The molecule has 0 aromatic rings. The van der Waals surface area contributed by atoms with Gasteiger partial charge in [-0.1, -0.05) is 358 Å². The molecule has 0 aliphatic carbocycles. The largest absolute Gasteiger partial charge is 0.462 e. The van der Waals surface area contributed by atoms with Crippen molar-refractivity contribution in [2.45, 2.75) is 380 Å². The fourth-order valence-corrected chi connectivity index (χ4v) is 10.5. The van der Waals surface area contributed by atoms with Crippen molar-refractivity contribution in [2.24, 2.45) is 0 Å². The van der Waals surface area contributed by atoms with Gasteiger partial charge in [-0.05, 0) is 57.8 Å². The Kier molecular flexibility index (Phi) is 66.1. The fourth-order valence-electron chi connectivity index (χ4n) is 10.5. The van der Waals surface area contributed by atoms with E-state index in [0.29, 0.717) is 19.3 Å². The monoisotopic (exact) mass is 1120 g/mol. The smallest absolute Gasteiger partial charge is 0.306 e. The maximum absolute atomic E-state index is 13.0.